The van der Waals surface area contributed by atoms with Crippen LogP contribution >= 0.6 is 0 Å². The van der Waals surface area contributed by atoms with Crippen molar-refractivity contribution < 1.29 is 23.9 Å². The monoisotopic (exact) mass is 283 g/mol. The maximum absolute atomic E-state index is 12.1. The van der Waals surface area contributed by atoms with E-state index in [0.29, 0.717) is 12.8 Å². The predicted octanol–water partition coefficient (Wildman–Crippen LogP) is 0.882. The lowest BCUT2D eigenvalue weighted by Crippen LogP contribution is -2.51. The van der Waals surface area contributed by atoms with E-state index in [0.717, 1.165) is 19.3 Å². The molecule has 112 valence electrons. The van der Waals surface area contributed by atoms with Crippen LogP contribution in [0.3, 0.4) is 0 Å². The van der Waals surface area contributed by atoms with E-state index in [1.54, 1.807) is 4.90 Å². The van der Waals surface area contributed by atoms with Crippen molar-refractivity contribution in [1.29, 1.82) is 0 Å². The van der Waals surface area contributed by atoms with Crippen LogP contribution in [0.4, 0.5) is 0 Å². The zero-order valence-electron chi connectivity index (χ0n) is 12.0. The Kier molecular flexibility index (Phi) is 4.62. The fraction of sp³-hybridized carbons (Fsp3) is 0.786. The second kappa shape index (κ2) is 6.24. The molecule has 2 fully saturated rings. The minimum atomic E-state index is -0.553. The Bertz CT molecular complexity index is 404. The lowest BCUT2D eigenvalue weighted by Gasteiger charge is -2.40. The zero-order valence-corrected chi connectivity index (χ0v) is 12.0. The number of rotatable bonds is 5. The fourth-order valence-corrected chi connectivity index (χ4v) is 3.06. The van der Waals surface area contributed by atoms with Gasteiger partial charge in [-0.25, -0.2) is 4.79 Å². The Morgan fingerprint density at radius 3 is 2.45 bits per heavy atom. The van der Waals surface area contributed by atoms with Gasteiger partial charge in [-0.05, 0) is 25.2 Å². The Morgan fingerprint density at radius 2 is 1.95 bits per heavy atom. The van der Waals surface area contributed by atoms with Gasteiger partial charge < -0.3 is 14.4 Å². The number of amides is 1. The highest BCUT2D eigenvalue weighted by atomic mass is 16.5. The summed E-state index contributed by atoms with van der Waals surface area (Å²) in [7, 11) is 2.66. The van der Waals surface area contributed by atoms with Crippen molar-refractivity contribution in [2.24, 2.45) is 5.92 Å². The smallest absolute Gasteiger partial charge is 0.328 e. The quantitative estimate of drug-likeness (QED) is 0.700. The Morgan fingerprint density at radius 1 is 1.25 bits per heavy atom. The average molecular weight is 283 g/mol. The van der Waals surface area contributed by atoms with Crippen LogP contribution in [0.1, 0.15) is 38.5 Å². The van der Waals surface area contributed by atoms with Crippen LogP contribution in [-0.2, 0) is 23.9 Å². The molecular formula is C14H21NO5. The van der Waals surface area contributed by atoms with Gasteiger partial charge in [0.2, 0.25) is 5.91 Å². The van der Waals surface area contributed by atoms with Crippen molar-refractivity contribution >= 4 is 17.8 Å². The minimum Gasteiger partial charge on any atom is -0.469 e. The maximum Gasteiger partial charge on any atom is 0.328 e. The van der Waals surface area contributed by atoms with Crippen LogP contribution in [0.25, 0.3) is 0 Å². The van der Waals surface area contributed by atoms with Crippen molar-refractivity contribution in [2.45, 2.75) is 50.6 Å². The number of hydrogen-bond donors (Lipinski definition) is 0. The molecule has 6 nitrogen and oxygen atoms in total. The van der Waals surface area contributed by atoms with E-state index in [9.17, 15) is 14.4 Å². The molecule has 2 rings (SSSR count). The molecular weight excluding hydrogens is 262 g/mol. The maximum atomic E-state index is 12.1. The van der Waals surface area contributed by atoms with Gasteiger partial charge in [-0.1, -0.05) is 6.42 Å². The number of carbonyl (C=O) groups excluding carboxylic acids is 3. The van der Waals surface area contributed by atoms with E-state index < -0.39 is 12.0 Å². The van der Waals surface area contributed by atoms with Crippen molar-refractivity contribution in [3.63, 3.8) is 0 Å². The third-order valence-electron chi connectivity index (χ3n) is 4.38. The summed E-state index contributed by atoms with van der Waals surface area (Å²) in [6.45, 7) is 0. The Labute approximate surface area is 118 Å². The molecule has 2 aliphatic rings. The van der Waals surface area contributed by atoms with E-state index in [4.69, 9.17) is 9.47 Å². The van der Waals surface area contributed by atoms with Gasteiger partial charge in [0.15, 0.2) is 0 Å². The highest BCUT2D eigenvalue weighted by Gasteiger charge is 2.45. The molecule has 1 saturated carbocycles. The summed E-state index contributed by atoms with van der Waals surface area (Å²) in [6.07, 6.45) is 4.03. The molecule has 1 amide bonds. The van der Waals surface area contributed by atoms with E-state index >= 15 is 0 Å². The van der Waals surface area contributed by atoms with Crippen molar-refractivity contribution in [1.82, 2.24) is 4.90 Å². The summed E-state index contributed by atoms with van der Waals surface area (Å²) < 4.78 is 9.50. The molecule has 20 heavy (non-hydrogen) atoms. The van der Waals surface area contributed by atoms with Crippen molar-refractivity contribution in [2.75, 3.05) is 14.2 Å². The first-order valence-corrected chi connectivity index (χ1v) is 7.04. The normalized spacial score (nSPS) is 24.2. The van der Waals surface area contributed by atoms with Crippen LogP contribution in [0, 0.1) is 5.92 Å². The molecule has 2 atom stereocenters. The molecule has 1 aliphatic carbocycles. The lowest BCUT2D eigenvalue weighted by atomic mass is 9.77. The summed E-state index contributed by atoms with van der Waals surface area (Å²) in [5.41, 5.74) is 0. The molecule has 0 spiro atoms. The van der Waals surface area contributed by atoms with Gasteiger partial charge in [0.05, 0.1) is 20.6 Å². The molecule has 1 heterocycles. The van der Waals surface area contributed by atoms with Crippen molar-refractivity contribution in [3.05, 3.63) is 0 Å². The Balaban J connectivity index is 2.18. The summed E-state index contributed by atoms with van der Waals surface area (Å²) in [6, 6.07) is -0.793. The van der Waals surface area contributed by atoms with Gasteiger partial charge in [0.25, 0.3) is 0 Å². The second-order valence-electron chi connectivity index (χ2n) is 5.42. The fourth-order valence-electron chi connectivity index (χ4n) is 3.06. The van der Waals surface area contributed by atoms with Gasteiger partial charge in [0.1, 0.15) is 6.04 Å². The van der Waals surface area contributed by atoms with Gasteiger partial charge in [-0.2, -0.15) is 0 Å². The third-order valence-corrected chi connectivity index (χ3v) is 4.38. The number of nitrogens with zero attached hydrogens (tertiary/aromatic N) is 1. The number of carbonyl (C=O) groups is 3. The predicted molar refractivity (Wildman–Crippen MR) is 69.6 cm³/mol. The molecule has 0 N–H and O–H groups in total. The van der Waals surface area contributed by atoms with Crippen LogP contribution in [0.15, 0.2) is 0 Å². The number of methoxy groups -OCH3 is 2. The first-order valence-electron chi connectivity index (χ1n) is 7.04. The molecule has 0 aromatic rings. The largest absolute Gasteiger partial charge is 0.469 e. The van der Waals surface area contributed by atoms with Gasteiger partial charge in [-0.3, -0.25) is 9.59 Å². The number of likely N-dealkylation sites (tertiary alicyclic amines) is 1. The first kappa shape index (κ1) is 14.8. The topological polar surface area (TPSA) is 72.9 Å². The molecule has 0 aromatic heterocycles. The summed E-state index contributed by atoms with van der Waals surface area (Å²) in [5, 5.41) is 0. The third kappa shape index (κ3) is 2.78. The van der Waals surface area contributed by atoms with Gasteiger partial charge >= 0.3 is 11.9 Å². The number of hydrogen-bond acceptors (Lipinski definition) is 5. The highest BCUT2D eigenvalue weighted by Crippen LogP contribution is 2.37. The van der Waals surface area contributed by atoms with Crippen molar-refractivity contribution in [3.8, 4) is 0 Å². The standard InChI is InChI=1S/C14H21NO5/c1-19-13(17)8-11(9-4-3-5-9)15-10(14(18)20-2)6-7-12(15)16/h9-11H,3-8H2,1-2H3. The van der Waals surface area contributed by atoms with Gasteiger partial charge in [0, 0.05) is 12.5 Å². The molecule has 1 saturated heterocycles. The van der Waals surface area contributed by atoms with Crippen LogP contribution in [-0.4, -0.2) is 49.0 Å². The van der Waals surface area contributed by atoms with Gasteiger partial charge in [-0.15, -0.1) is 0 Å². The van der Waals surface area contributed by atoms with Crippen LogP contribution < -0.4 is 0 Å². The molecule has 2 unspecified atom stereocenters. The Hall–Kier alpha value is -1.59. The highest BCUT2D eigenvalue weighted by molar-refractivity contribution is 5.89. The van der Waals surface area contributed by atoms with E-state index in [1.807, 2.05) is 0 Å². The van der Waals surface area contributed by atoms with Crippen LogP contribution in [0.2, 0.25) is 0 Å². The average Bonchev–Trinajstić information content (AvgIpc) is 2.76. The lowest BCUT2D eigenvalue weighted by molar-refractivity contribution is -0.155. The molecule has 0 radical (unpaired) electrons. The molecule has 0 aromatic carbocycles. The number of esters is 2. The summed E-state index contributed by atoms with van der Waals surface area (Å²) in [5.74, 6) is -0.528. The zero-order chi connectivity index (χ0) is 14.7. The van der Waals surface area contributed by atoms with E-state index in [1.165, 1.54) is 14.2 Å². The summed E-state index contributed by atoms with van der Waals surface area (Å²) >= 11 is 0. The second-order valence-corrected chi connectivity index (χ2v) is 5.42. The first-order chi connectivity index (χ1) is 9.58. The molecule has 1 aliphatic heterocycles. The molecule has 6 heteroatoms. The van der Waals surface area contributed by atoms with Crippen LogP contribution in [0.5, 0.6) is 0 Å². The molecule has 0 bridgehead atoms. The van der Waals surface area contributed by atoms with E-state index in [-0.39, 0.29) is 30.3 Å². The van der Waals surface area contributed by atoms with E-state index in [2.05, 4.69) is 0 Å². The minimum absolute atomic E-state index is 0.0683. The summed E-state index contributed by atoms with van der Waals surface area (Å²) in [4.78, 5) is 37.1. The SMILES string of the molecule is COC(=O)CC(C1CCC1)N1C(=O)CCC1C(=O)OC. The number of ether oxygens (including phenoxy) is 2.